The molecule has 0 aromatic heterocycles. The van der Waals surface area contributed by atoms with Crippen LogP contribution in [0.1, 0.15) is 30.5 Å². The summed E-state index contributed by atoms with van der Waals surface area (Å²) >= 11 is 0. The van der Waals surface area contributed by atoms with Gasteiger partial charge in [-0.2, -0.15) is 0 Å². The van der Waals surface area contributed by atoms with E-state index in [1.807, 2.05) is 26.0 Å². The van der Waals surface area contributed by atoms with Crippen molar-refractivity contribution in [1.82, 2.24) is 5.32 Å². The Morgan fingerprint density at radius 2 is 1.78 bits per heavy atom. The maximum absolute atomic E-state index is 12.0. The van der Waals surface area contributed by atoms with Gasteiger partial charge >= 0.3 is 0 Å². The Hall–Kier alpha value is -1.50. The lowest BCUT2D eigenvalue weighted by Crippen LogP contribution is -2.33. The summed E-state index contributed by atoms with van der Waals surface area (Å²) in [4.78, 5) is 12.0. The molecule has 23 heavy (non-hydrogen) atoms. The Balaban J connectivity index is 0.00000484. The molecule has 7 heteroatoms. The van der Waals surface area contributed by atoms with Crippen LogP contribution < -0.4 is 20.5 Å². The minimum atomic E-state index is -0.265. The van der Waals surface area contributed by atoms with Crippen LogP contribution >= 0.6 is 12.4 Å². The molecule has 0 aliphatic heterocycles. The maximum Gasteiger partial charge on any atom is 0.223 e. The van der Waals surface area contributed by atoms with Gasteiger partial charge in [0.05, 0.1) is 32.8 Å². The number of nitrogens with two attached hydrogens (primary N) is 1. The number of methoxy groups -OCH3 is 3. The molecular formula is C16H27ClN2O4. The zero-order chi connectivity index (χ0) is 16.7. The van der Waals surface area contributed by atoms with E-state index in [1.165, 1.54) is 0 Å². The van der Waals surface area contributed by atoms with Crippen molar-refractivity contribution in [3.8, 4) is 11.5 Å². The zero-order valence-electron chi connectivity index (χ0n) is 14.3. The summed E-state index contributed by atoms with van der Waals surface area (Å²) in [5.74, 6) is 1.21. The molecule has 6 nitrogen and oxygen atoms in total. The average molecular weight is 347 g/mol. The highest BCUT2D eigenvalue weighted by Crippen LogP contribution is 2.32. The molecule has 0 saturated heterocycles. The lowest BCUT2D eigenvalue weighted by molar-refractivity contribution is -0.124. The fourth-order valence-corrected chi connectivity index (χ4v) is 2.31. The summed E-state index contributed by atoms with van der Waals surface area (Å²) in [5.41, 5.74) is 7.53. The molecule has 1 rings (SSSR count). The van der Waals surface area contributed by atoms with Gasteiger partial charge in [0, 0.05) is 13.7 Å². The van der Waals surface area contributed by atoms with E-state index in [9.17, 15) is 4.79 Å². The lowest BCUT2D eigenvalue weighted by Gasteiger charge is -2.20. The van der Waals surface area contributed by atoms with E-state index in [4.69, 9.17) is 19.9 Å². The smallest absolute Gasteiger partial charge is 0.223 e. The van der Waals surface area contributed by atoms with Crippen LogP contribution in [0.3, 0.4) is 0 Å². The highest BCUT2D eigenvalue weighted by atomic mass is 35.5. The number of amides is 1. The summed E-state index contributed by atoms with van der Waals surface area (Å²) in [6.45, 7) is 4.21. The minimum Gasteiger partial charge on any atom is -0.493 e. The molecule has 0 radical (unpaired) electrons. The fourth-order valence-electron chi connectivity index (χ4n) is 2.31. The molecule has 0 aliphatic carbocycles. The molecule has 0 spiro atoms. The topological polar surface area (TPSA) is 82.8 Å². The summed E-state index contributed by atoms with van der Waals surface area (Å²) in [6.07, 6.45) is -0.0253. The fraction of sp³-hybridized carbons (Fsp3) is 0.562. The molecule has 1 amide bonds. The first-order chi connectivity index (χ1) is 10.5. The van der Waals surface area contributed by atoms with Crippen molar-refractivity contribution in [2.75, 3.05) is 27.9 Å². The summed E-state index contributed by atoms with van der Waals surface area (Å²) in [5, 5.41) is 2.95. The van der Waals surface area contributed by atoms with E-state index >= 15 is 0 Å². The second kappa shape index (κ2) is 10.3. The zero-order valence-corrected chi connectivity index (χ0v) is 15.2. The summed E-state index contributed by atoms with van der Waals surface area (Å²) in [7, 11) is 4.73. The van der Waals surface area contributed by atoms with E-state index < -0.39 is 0 Å². The Bertz CT molecular complexity index is 507. The second-order valence-corrected chi connectivity index (χ2v) is 5.15. The highest BCUT2D eigenvalue weighted by Gasteiger charge is 2.17. The van der Waals surface area contributed by atoms with E-state index in [2.05, 4.69) is 5.32 Å². The molecule has 1 aromatic carbocycles. The summed E-state index contributed by atoms with van der Waals surface area (Å²) < 4.78 is 15.7. The molecule has 0 saturated carbocycles. The first-order valence-corrected chi connectivity index (χ1v) is 7.21. The number of hydrogen-bond donors (Lipinski definition) is 2. The van der Waals surface area contributed by atoms with Crippen LogP contribution in [0.2, 0.25) is 0 Å². The predicted octanol–water partition coefficient (Wildman–Crippen LogP) is 1.98. The van der Waals surface area contributed by atoms with Gasteiger partial charge in [0.15, 0.2) is 11.5 Å². The predicted molar refractivity (Wildman–Crippen MR) is 92.6 cm³/mol. The van der Waals surface area contributed by atoms with Gasteiger partial charge in [-0.1, -0.05) is 0 Å². The van der Waals surface area contributed by atoms with Crippen LogP contribution in [0, 0.1) is 6.92 Å². The highest BCUT2D eigenvalue weighted by molar-refractivity contribution is 5.85. The monoisotopic (exact) mass is 346 g/mol. The van der Waals surface area contributed by atoms with Gasteiger partial charge in [-0.3, -0.25) is 4.79 Å². The Morgan fingerprint density at radius 3 is 2.26 bits per heavy atom. The van der Waals surface area contributed by atoms with Crippen LogP contribution in [0.25, 0.3) is 0 Å². The Morgan fingerprint density at radius 1 is 1.22 bits per heavy atom. The number of rotatable bonds is 8. The van der Waals surface area contributed by atoms with Gasteiger partial charge in [0.1, 0.15) is 0 Å². The number of carbonyl (C=O) groups is 1. The van der Waals surface area contributed by atoms with Gasteiger partial charge in [-0.05, 0) is 37.1 Å². The van der Waals surface area contributed by atoms with Crippen molar-refractivity contribution in [3.05, 3.63) is 23.3 Å². The second-order valence-electron chi connectivity index (χ2n) is 5.15. The van der Waals surface area contributed by atoms with Crippen molar-refractivity contribution in [2.24, 2.45) is 5.73 Å². The lowest BCUT2D eigenvalue weighted by atomic mass is 10.0. The SMILES string of the molecule is COc1cc(C)c(C(C)NC(=O)CC(CN)OC)cc1OC.Cl. The van der Waals surface area contributed by atoms with Crippen molar-refractivity contribution in [3.63, 3.8) is 0 Å². The Labute approximate surface area is 144 Å². The van der Waals surface area contributed by atoms with Crippen LogP contribution in [-0.4, -0.2) is 39.9 Å². The average Bonchev–Trinajstić information content (AvgIpc) is 2.51. The number of carbonyl (C=O) groups excluding carboxylic acids is 1. The van der Waals surface area contributed by atoms with Crippen molar-refractivity contribution < 1.29 is 19.0 Å². The van der Waals surface area contributed by atoms with Gasteiger partial charge in [-0.15, -0.1) is 12.4 Å². The maximum atomic E-state index is 12.0. The van der Waals surface area contributed by atoms with Gasteiger partial charge in [0.2, 0.25) is 5.91 Å². The number of halogens is 1. The van der Waals surface area contributed by atoms with Crippen LogP contribution in [0.5, 0.6) is 11.5 Å². The standard InChI is InChI=1S/C16H26N2O4.ClH/c1-10-6-14(21-4)15(22-5)8-13(10)11(2)18-16(19)7-12(9-17)20-3;/h6,8,11-12H,7,9,17H2,1-5H3,(H,18,19);1H. The van der Waals surface area contributed by atoms with E-state index in [1.54, 1.807) is 21.3 Å². The van der Waals surface area contributed by atoms with Crippen molar-refractivity contribution in [1.29, 1.82) is 0 Å². The first kappa shape index (κ1) is 21.5. The largest absolute Gasteiger partial charge is 0.493 e. The van der Waals surface area contributed by atoms with Crippen LogP contribution in [0.15, 0.2) is 12.1 Å². The molecule has 3 N–H and O–H groups in total. The van der Waals surface area contributed by atoms with Crippen LogP contribution in [0.4, 0.5) is 0 Å². The third kappa shape index (κ3) is 5.89. The molecule has 0 fully saturated rings. The molecule has 0 bridgehead atoms. The molecular weight excluding hydrogens is 320 g/mol. The molecule has 2 atom stereocenters. The number of aryl methyl sites for hydroxylation is 1. The van der Waals surface area contributed by atoms with E-state index in [0.717, 1.165) is 11.1 Å². The van der Waals surface area contributed by atoms with Gasteiger partial charge in [-0.25, -0.2) is 0 Å². The third-order valence-corrected chi connectivity index (χ3v) is 3.63. The number of benzene rings is 1. The summed E-state index contributed by atoms with van der Waals surface area (Å²) in [6, 6.07) is 3.63. The molecule has 2 unspecified atom stereocenters. The number of ether oxygens (including phenoxy) is 3. The van der Waals surface area contributed by atoms with E-state index in [-0.39, 0.29) is 36.9 Å². The van der Waals surface area contributed by atoms with Gasteiger partial charge < -0.3 is 25.3 Å². The molecule has 132 valence electrons. The Kier molecular flexibility index (Phi) is 9.64. The minimum absolute atomic E-state index is 0. The normalized spacial score (nSPS) is 12.8. The quantitative estimate of drug-likeness (QED) is 0.752. The third-order valence-electron chi connectivity index (χ3n) is 3.63. The first-order valence-electron chi connectivity index (χ1n) is 7.21. The van der Waals surface area contributed by atoms with Gasteiger partial charge in [0.25, 0.3) is 0 Å². The van der Waals surface area contributed by atoms with Crippen molar-refractivity contribution >= 4 is 18.3 Å². The molecule has 0 aliphatic rings. The molecule has 1 aromatic rings. The van der Waals surface area contributed by atoms with E-state index in [0.29, 0.717) is 18.0 Å². The molecule has 0 heterocycles. The number of nitrogens with one attached hydrogen (secondary N) is 1. The number of hydrogen-bond acceptors (Lipinski definition) is 5. The van der Waals surface area contributed by atoms with Crippen molar-refractivity contribution in [2.45, 2.75) is 32.4 Å². The van der Waals surface area contributed by atoms with Crippen LogP contribution in [-0.2, 0) is 9.53 Å².